The minimum atomic E-state index is -0.572. The van der Waals surface area contributed by atoms with Crippen molar-refractivity contribution in [2.45, 2.75) is 65.0 Å². The summed E-state index contributed by atoms with van der Waals surface area (Å²) in [6.07, 6.45) is 5.12. The fourth-order valence-electron chi connectivity index (χ4n) is 3.63. The van der Waals surface area contributed by atoms with E-state index in [1.54, 1.807) is 19.1 Å². The van der Waals surface area contributed by atoms with E-state index in [-0.39, 0.29) is 11.9 Å². The predicted octanol–water partition coefficient (Wildman–Crippen LogP) is 5.56. The lowest BCUT2D eigenvalue weighted by Crippen LogP contribution is -2.38. The van der Waals surface area contributed by atoms with Gasteiger partial charge >= 0.3 is 0 Å². The monoisotopic (exact) mass is 385 g/mol. The first-order valence-corrected chi connectivity index (χ1v) is 10.2. The standard InChI is InChI=1S/C23H28ClNO2/c1-4-22(19-10-9-17-7-5-6-8-18(17)14-19)25-23(26)16(3)27-20-11-12-21(24)15(2)13-20/h9-14,16,22H,4-8H2,1-3H3,(H,25,26)/t16-,22-/m1/s1. The largest absolute Gasteiger partial charge is 0.481 e. The Kier molecular flexibility index (Phi) is 6.43. The van der Waals surface area contributed by atoms with Crippen LogP contribution in [0.3, 0.4) is 0 Å². The molecule has 3 nitrogen and oxygen atoms in total. The van der Waals surface area contributed by atoms with Gasteiger partial charge in [-0.05, 0) is 86.4 Å². The average Bonchev–Trinajstić information content (AvgIpc) is 2.68. The van der Waals surface area contributed by atoms with E-state index in [0.717, 1.165) is 18.4 Å². The molecule has 0 radical (unpaired) electrons. The Labute approximate surface area is 167 Å². The summed E-state index contributed by atoms with van der Waals surface area (Å²) >= 11 is 6.05. The molecule has 0 spiro atoms. The Morgan fingerprint density at radius 3 is 2.59 bits per heavy atom. The fraction of sp³-hybridized carbons (Fsp3) is 0.435. The molecule has 27 heavy (non-hydrogen) atoms. The summed E-state index contributed by atoms with van der Waals surface area (Å²) in [4.78, 5) is 12.7. The van der Waals surface area contributed by atoms with Crippen molar-refractivity contribution in [3.63, 3.8) is 0 Å². The first-order chi connectivity index (χ1) is 13.0. The second-order valence-corrected chi connectivity index (χ2v) is 7.78. The van der Waals surface area contributed by atoms with Crippen LogP contribution in [0.25, 0.3) is 0 Å². The SMILES string of the molecule is CC[C@@H](NC(=O)[C@@H](C)Oc1ccc(Cl)c(C)c1)c1ccc2c(c1)CCCC2. The van der Waals surface area contributed by atoms with Crippen molar-refractivity contribution in [3.05, 3.63) is 63.7 Å². The molecule has 1 amide bonds. The third kappa shape index (κ3) is 4.84. The zero-order valence-corrected chi connectivity index (χ0v) is 17.1. The predicted molar refractivity (Wildman–Crippen MR) is 111 cm³/mol. The second-order valence-electron chi connectivity index (χ2n) is 7.38. The van der Waals surface area contributed by atoms with E-state index < -0.39 is 6.10 Å². The number of carbonyl (C=O) groups is 1. The maximum Gasteiger partial charge on any atom is 0.261 e. The molecule has 2 aromatic carbocycles. The van der Waals surface area contributed by atoms with Gasteiger partial charge in [0.2, 0.25) is 0 Å². The highest BCUT2D eigenvalue weighted by Gasteiger charge is 2.20. The molecular weight excluding hydrogens is 358 g/mol. The molecule has 0 fully saturated rings. The van der Waals surface area contributed by atoms with Crippen molar-refractivity contribution >= 4 is 17.5 Å². The van der Waals surface area contributed by atoms with Crippen LogP contribution in [0, 0.1) is 6.92 Å². The number of nitrogens with one attached hydrogen (secondary N) is 1. The lowest BCUT2D eigenvalue weighted by atomic mass is 9.89. The van der Waals surface area contributed by atoms with Crippen LogP contribution in [0.1, 0.15) is 61.4 Å². The number of ether oxygens (including phenoxy) is 1. The average molecular weight is 386 g/mol. The van der Waals surface area contributed by atoms with Crippen molar-refractivity contribution in [3.8, 4) is 5.75 Å². The van der Waals surface area contributed by atoms with Crippen LogP contribution < -0.4 is 10.1 Å². The molecule has 1 aliphatic rings. The number of aryl methyl sites for hydroxylation is 3. The zero-order chi connectivity index (χ0) is 19.4. The second kappa shape index (κ2) is 8.79. The van der Waals surface area contributed by atoms with Crippen LogP contribution in [0.5, 0.6) is 5.75 Å². The Balaban J connectivity index is 1.66. The topological polar surface area (TPSA) is 38.3 Å². The molecule has 0 unspecified atom stereocenters. The minimum absolute atomic E-state index is 0.00253. The third-order valence-electron chi connectivity index (χ3n) is 5.31. The first-order valence-electron chi connectivity index (χ1n) is 9.82. The van der Waals surface area contributed by atoms with Gasteiger partial charge < -0.3 is 10.1 Å². The highest BCUT2D eigenvalue weighted by atomic mass is 35.5. The van der Waals surface area contributed by atoms with Gasteiger partial charge in [-0.15, -0.1) is 0 Å². The molecule has 1 N–H and O–H groups in total. The molecule has 0 aliphatic heterocycles. The van der Waals surface area contributed by atoms with E-state index in [4.69, 9.17) is 16.3 Å². The molecule has 0 saturated carbocycles. The highest BCUT2D eigenvalue weighted by Crippen LogP contribution is 2.26. The summed E-state index contributed by atoms with van der Waals surface area (Å²) in [5.74, 6) is 0.550. The number of halogens is 1. The third-order valence-corrected chi connectivity index (χ3v) is 5.74. The molecule has 0 aromatic heterocycles. The zero-order valence-electron chi connectivity index (χ0n) is 16.3. The maximum absolute atomic E-state index is 12.7. The molecule has 1 aliphatic carbocycles. The molecule has 0 saturated heterocycles. The van der Waals surface area contributed by atoms with Crippen LogP contribution >= 0.6 is 11.6 Å². The van der Waals surface area contributed by atoms with E-state index in [1.807, 2.05) is 13.0 Å². The lowest BCUT2D eigenvalue weighted by molar-refractivity contribution is -0.128. The summed E-state index contributed by atoms with van der Waals surface area (Å²) < 4.78 is 5.81. The van der Waals surface area contributed by atoms with Crippen LogP contribution in [-0.4, -0.2) is 12.0 Å². The number of hydrogen-bond acceptors (Lipinski definition) is 2. The normalized spacial score (nSPS) is 15.6. The Morgan fingerprint density at radius 2 is 1.89 bits per heavy atom. The molecule has 0 bridgehead atoms. The van der Waals surface area contributed by atoms with Gasteiger partial charge in [0.25, 0.3) is 5.91 Å². The van der Waals surface area contributed by atoms with Gasteiger partial charge in [-0.3, -0.25) is 4.79 Å². The van der Waals surface area contributed by atoms with Gasteiger partial charge in [0.05, 0.1) is 6.04 Å². The van der Waals surface area contributed by atoms with Crippen molar-refractivity contribution in [2.24, 2.45) is 0 Å². The summed E-state index contributed by atoms with van der Waals surface area (Å²) in [7, 11) is 0. The van der Waals surface area contributed by atoms with Crippen molar-refractivity contribution in [1.82, 2.24) is 5.32 Å². The van der Waals surface area contributed by atoms with Crippen LogP contribution in [0.4, 0.5) is 0 Å². The first kappa shape index (κ1) is 19.8. The van der Waals surface area contributed by atoms with Crippen molar-refractivity contribution in [1.29, 1.82) is 0 Å². The summed E-state index contributed by atoms with van der Waals surface area (Å²) in [5, 5.41) is 3.84. The van der Waals surface area contributed by atoms with E-state index in [9.17, 15) is 4.79 Å². The number of benzene rings is 2. The van der Waals surface area contributed by atoms with Crippen molar-refractivity contribution < 1.29 is 9.53 Å². The Hall–Kier alpha value is -2.00. The molecular formula is C23H28ClNO2. The van der Waals surface area contributed by atoms with Gasteiger partial charge in [0.15, 0.2) is 6.10 Å². The smallest absolute Gasteiger partial charge is 0.261 e. The van der Waals surface area contributed by atoms with Crippen LogP contribution in [0.15, 0.2) is 36.4 Å². The number of fused-ring (bicyclic) bond motifs is 1. The van der Waals surface area contributed by atoms with Gasteiger partial charge in [0.1, 0.15) is 5.75 Å². The summed E-state index contributed by atoms with van der Waals surface area (Å²) in [6, 6.07) is 12.1. The van der Waals surface area contributed by atoms with Gasteiger partial charge in [-0.2, -0.15) is 0 Å². The molecule has 3 rings (SSSR count). The Morgan fingerprint density at radius 1 is 1.15 bits per heavy atom. The van der Waals surface area contributed by atoms with Gasteiger partial charge in [0, 0.05) is 5.02 Å². The summed E-state index contributed by atoms with van der Waals surface area (Å²) in [5.41, 5.74) is 5.01. The Bertz CT molecular complexity index is 818. The molecule has 4 heteroatoms. The molecule has 0 heterocycles. The molecule has 144 valence electrons. The highest BCUT2D eigenvalue weighted by molar-refractivity contribution is 6.31. The number of amides is 1. The van der Waals surface area contributed by atoms with E-state index >= 15 is 0 Å². The summed E-state index contributed by atoms with van der Waals surface area (Å²) in [6.45, 7) is 5.79. The van der Waals surface area contributed by atoms with E-state index in [1.165, 1.54) is 36.0 Å². The lowest BCUT2D eigenvalue weighted by Gasteiger charge is -2.23. The van der Waals surface area contributed by atoms with Gasteiger partial charge in [-0.1, -0.05) is 36.7 Å². The maximum atomic E-state index is 12.7. The number of hydrogen-bond donors (Lipinski definition) is 1. The quantitative estimate of drug-likeness (QED) is 0.706. The molecule has 2 aromatic rings. The van der Waals surface area contributed by atoms with Crippen LogP contribution in [0.2, 0.25) is 5.02 Å². The van der Waals surface area contributed by atoms with Crippen molar-refractivity contribution in [2.75, 3.05) is 0 Å². The molecule has 2 atom stereocenters. The number of rotatable bonds is 6. The van der Waals surface area contributed by atoms with E-state index in [2.05, 4.69) is 30.4 Å². The van der Waals surface area contributed by atoms with Crippen LogP contribution in [-0.2, 0) is 17.6 Å². The minimum Gasteiger partial charge on any atom is -0.481 e. The van der Waals surface area contributed by atoms with Gasteiger partial charge in [-0.25, -0.2) is 0 Å². The van der Waals surface area contributed by atoms with E-state index in [0.29, 0.717) is 10.8 Å². The fourth-order valence-corrected chi connectivity index (χ4v) is 3.75. The number of carbonyl (C=O) groups excluding carboxylic acids is 1.